The molecule has 0 spiro atoms. The van der Waals surface area contributed by atoms with Gasteiger partial charge in [0.15, 0.2) is 0 Å². The lowest BCUT2D eigenvalue weighted by Gasteiger charge is -2.41. The number of allylic oxidation sites excluding steroid dienone is 1. The van der Waals surface area contributed by atoms with Gasteiger partial charge in [-0.15, -0.1) is 0 Å². The molecule has 0 saturated heterocycles. The molecule has 0 aromatic carbocycles. The quantitative estimate of drug-likeness (QED) is 0.414. The Balaban J connectivity index is 6.63. The predicted octanol–water partition coefficient (Wildman–Crippen LogP) is 5.39. The van der Waals surface area contributed by atoms with E-state index in [2.05, 4.69) is 0 Å². The minimum Gasteiger partial charge on any atom is -0.478 e. The maximum Gasteiger partial charge on any atom is 0.460 e. The molecule has 0 saturated carbocycles. The topological polar surface area (TPSA) is 37.3 Å². The Kier molecular flexibility index (Phi) is 6.17. The largest absolute Gasteiger partial charge is 0.478 e. The average molecular weight is 454 g/mol. The number of rotatable bonds is 7. The van der Waals surface area contributed by atoms with Crippen LogP contribution in [0.4, 0.5) is 65.9 Å². The van der Waals surface area contributed by atoms with Crippen LogP contribution in [0.5, 0.6) is 0 Å². The van der Waals surface area contributed by atoms with Crippen molar-refractivity contribution in [2.75, 3.05) is 0 Å². The first-order chi connectivity index (χ1) is 11.8. The molecule has 0 rings (SSSR count). The molecule has 0 aliphatic heterocycles. The van der Waals surface area contributed by atoms with Crippen molar-refractivity contribution in [2.45, 2.75) is 48.6 Å². The molecular formula is C11H5F15O2. The van der Waals surface area contributed by atoms with Crippen LogP contribution in [0.15, 0.2) is 11.6 Å². The zero-order valence-electron chi connectivity index (χ0n) is 12.6. The van der Waals surface area contributed by atoms with Crippen molar-refractivity contribution in [1.29, 1.82) is 0 Å². The number of hydrogen-bond acceptors (Lipinski definition) is 1. The van der Waals surface area contributed by atoms with Crippen molar-refractivity contribution in [3.63, 3.8) is 0 Å². The minimum atomic E-state index is -8.39. The fourth-order valence-electron chi connectivity index (χ4n) is 1.40. The second kappa shape index (κ2) is 6.60. The molecule has 2 nitrogen and oxygen atoms in total. The van der Waals surface area contributed by atoms with E-state index < -0.39 is 59.3 Å². The number of hydrogen-bond donors (Lipinski definition) is 1. The molecule has 0 radical (unpaired) electrons. The van der Waals surface area contributed by atoms with Crippen molar-refractivity contribution < 1.29 is 75.8 Å². The van der Waals surface area contributed by atoms with Gasteiger partial charge in [-0.3, -0.25) is 0 Å². The Hall–Kier alpha value is -1.84. The standard InChI is InChI=1S/C11H5F15O2/c1-3(4(27)28)2-5(12,13)6(14,15)7(16,17)8(18,19)9(20,21)10(22,23)11(24,25)26/h2H,1H3,(H,27,28)/b3-2+. The summed E-state index contributed by atoms with van der Waals surface area (Å²) in [5, 5.41) is 8.17. The fraction of sp³-hybridized carbons (Fsp3) is 0.727. The van der Waals surface area contributed by atoms with E-state index in [0.29, 0.717) is 0 Å². The van der Waals surface area contributed by atoms with Crippen molar-refractivity contribution in [1.82, 2.24) is 0 Å². The first-order valence-electron chi connectivity index (χ1n) is 6.09. The van der Waals surface area contributed by atoms with Crippen LogP contribution in [0.1, 0.15) is 6.92 Å². The molecule has 0 heterocycles. The van der Waals surface area contributed by atoms with Crippen molar-refractivity contribution >= 4 is 5.97 Å². The van der Waals surface area contributed by atoms with Crippen LogP contribution in [0.3, 0.4) is 0 Å². The Bertz CT molecular complexity index is 643. The van der Waals surface area contributed by atoms with E-state index in [-0.39, 0.29) is 6.92 Å². The van der Waals surface area contributed by atoms with Gasteiger partial charge in [-0.05, 0) is 6.92 Å². The van der Waals surface area contributed by atoms with E-state index in [1.54, 1.807) is 0 Å². The molecule has 0 unspecified atom stereocenters. The van der Waals surface area contributed by atoms with Gasteiger partial charge in [0.2, 0.25) is 0 Å². The van der Waals surface area contributed by atoms with Crippen LogP contribution in [0, 0.1) is 0 Å². The molecule has 0 aromatic heterocycles. The van der Waals surface area contributed by atoms with Gasteiger partial charge in [-0.25, -0.2) is 4.79 Å². The Morgan fingerprint density at radius 1 is 0.607 bits per heavy atom. The van der Waals surface area contributed by atoms with Gasteiger partial charge in [-0.1, -0.05) is 0 Å². The molecule has 17 heteroatoms. The highest BCUT2D eigenvalue weighted by atomic mass is 19.4. The molecule has 0 amide bonds. The number of aliphatic carboxylic acids is 1. The van der Waals surface area contributed by atoms with Crippen LogP contribution < -0.4 is 0 Å². The summed E-state index contributed by atoms with van der Waals surface area (Å²) < 4.78 is 192. The number of halogens is 15. The normalized spacial score (nSPS) is 16.4. The third kappa shape index (κ3) is 3.46. The van der Waals surface area contributed by atoms with Crippen LogP contribution in [-0.4, -0.2) is 52.8 Å². The molecule has 0 fully saturated rings. The molecular weight excluding hydrogens is 449 g/mol. The van der Waals surface area contributed by atoms with Gasteiger partial charge >= 0.3 is 47.7 Å². The van der Waals surface area contributed by atoms with Crippen LogP contribution in [0.25, 0.3) is 0 Å². The predicted molar refractivity (Wildman–Crippen MR) is 57.1 cm³/mol. The van der Waals surface area contributed by atoms with Crippen molar-refractivity contribution in [3.05, 3.63) is 11.6 Å². The molecule has 0 aliphatic rings. The highest BCUT2D eigenvalue weighted by Crippen LogP contribution is 2.62. The maximum absolute atomic E-state index is 13.2. The molecule has 0 bridgehead atoms. The third-order valence-corrected chi connectivity index (χ3v) is 3.09. The van der Waals surface area contributed by atoms with Crippen LogP contribution in [0.2, 0.25) is 0 Å². The van der Waals surface area contributed by atoms with Crippen LogP contribution in [-0.2, 0) is 4.79 Å². The first kappa shape index (κ1) is 26.2. The number of carboxylic acid groups (broad SMARTS) is 1. The SMILES string of the molecule is C/C(=C\C(F)(F)C(F)(F)C(F)(F)C(F)(F)C(F)(F)C(F)(F)C(F)(F)F)C(=O)O. The third-order valence-electron chi connectivity index (χ3n) is 3.09. The lowest BCUT2D eigenvalue weighted by Crippen LogP contribution is -2.72. The van der Waals surface area contributed by atoms with Crippen molar-refractivity contribution in [3.8, 4) is 0 Å². The number of carboxylic acids is 1. The van der Waals surface area contributed by atoms with E-state index in [4.69, 9.17) is 5.11 Å². The van der Waals surface area contributed by atoms with Crippen molar-refractivity contribution in [2.24, 2.45) is 0 Å². The number of alkyl halides is 15. The van der Waals surface area contributed by atoms with Crippen LogP contribution >= 0.6 is 0 Å². The van der Waals surface area contributed by atoms with Gasteiger partial charge in [0.25, 0.3) is 0 Å². The first-order valence-corrected chi connectivity index (χ1v) is 6.09. The van der Waals surface area contributed by atoms with E-state index >= 15 is 0 Å². The van der Waals surface area contributed by atoms with E-state index in [1.807, 2.05) is 0 Å². The monoisotopic (exact) mass is 454 g/mol. The lowest BCUT2D eigenvalue weighted by molar-refractivity contribution is -0.449. The van der Waals surface area contributed by atoms with Gasteiger partial charge < -0.3 is 5.11 Å². The molecule has 0 atom stereocenters. The second-order valence-electron chi connectivity index (χ2n) is 5.13. The van der Waals surface area contributed by atoms with E-state index in [9.17, 15) is 70.7 Å². The highest BCUT2D eigenvalue weighted by Gasteiger charge is 2.93. The van der Waals surface area contributed by atoms with Gasteiger partial charge in [0, 0.05) is 11.6 Å². The average Bonchev–Trinajstić information content (AvgIpc) is 2.44. The zero-order chi connectivity index (χ0) is 23.4. The molecule has 166 valence electrons. The summed E-state index contributed by atoms with van der Waals surface area (Å²) in [5.74, 6) is -49.9. The summed E-state index contributed by atoms with van der Waals surface area (Å²) in [5.41, 5.74) is -1.91. The zero-order valence-corrected chi connectivity index (χ0v) is 12.6. The van der Waals surface area contributed by atoms with Gasteiger partial charge in [-0.2, -0.15) is 65.9 Å². The van der Waals surface area contributed by atoms with E-state index in [1.165, 1.54) is 0 Å². The molecule has 0 aromatic rings. The number of carbonyl (C=O) groups is 1. The van der Waals surface area contributed by atoms with E-state index in [0.717, 1.165) is 0 Å². The summed E-state index contributed by atoms with van der Waals surface area (Å²) >= 11 is 0. The lowest BCUT2D eigenvalue weighted by atomic mass is 9.90. The Labute approximate surface area is 143 Å². The smallest absolute Gasteiger partial charge is 0.460 e. The molecule has 0 aliphatic carbocycles. The minimum absolute atomic E-state index is 0.0367. The summed E-state index contributed by atoms with van der Waals surface area (Å²) in [4.78, 5) is 10.2. The summed E-state index contributed by atoms with van der Waals surface area (Å²) in [7, 11) is 0. The highest BCUT2D eigenvalue weighted by molar-refractivity contribution is 5.86. The summed E-state index contributed by atoms with van der Waals surface area (Å²) in [6.45, 7) is 0.0367. The molecule has 1 N–H and O–H groups in total. The van der Waals surface area contributed by atoms with Gasteiger partial charge in [0.05, 0.1) is 0 Å². The second-order valence-corrected chi connectivity index (χ2v) is 5.13. The summed E-state index contributed by atoms with van der Waals surface area (Å²) in [6, 6.07) is 0. The van der Waals surface area contributed by atoms with Gasteiger partial charge in [0.1, 0.15) is 0 Å². The summed E-state index contributed by atoms with van der Waals surface area (Å²) in [6.07, 6.45) is -9.27. The Morgan fingerprint density at radius 3 is 1.18 bits per heavy atom. The Morgan fingerprint density at radius 2 is 0.893 bits per heavy atom. The maximum atomic E-state index is 13.2. The fourth-order valence-corrected chi connectivity index (χ4v) is 1.40. The molecule has 28 heavy (non-hydrogen) atoms.